The number of benzene rings is 2. The van der Waals surface area contributed by atoms with Crippen LogP contribution in [0.4, 0.5) is 0 Å². The van der Waals surface area contributed by atoms with Crippen LogP contribution in [-0.4, -0.2) is 8.49 Å². The van der Waals surface area contributed by atoms with E-state index in [1.165, 1.54) is 27.8 Å². The highest BCUT2D eigenvalue weighted by molar-refractivity contribution is 14.1. The number of allylic oxidation sites excluding steroid dienone is 1. The molecular weight excluding hydrogens is 369 g/mol. The molecule has 1 heterocycles. The molecule has 4 rings (SSSR count). The number of halogens is 1. The molecule has 2 heteroatoms. The summed E-state index contributed by atoms with van der Waals surface area (Å²) in [6, 6.07) is 19.4. The fourth-order valence-electron chi connectivity index (χ4n) is 3.29. The van der Waals surface area contributed by atoms with E-state index in [0.717, 1.165) is 0 Å². The Bertz CT molecular complexity index is 829. The predicted octanol–water partition coefficient (Wildman–Crippen LogP) is 5.56. The molecule has 0 aliphatic heterocycles. The maximum atomic E-state index is 2.54. The molecule has 3 aromatic rings. The molecule has 0 saturated heterocycles. The van der Waals surface area contributed by atoms with Crippen LogP contribution in [0.3, 0.4) is 0 Å². The molecule has 1 aliphatic rings. The Morgan fingerprint density at radius 1 is 0.952 bits per heavy atom. The van der Waals surface area contributed by atoms with Gasteiger partial charge in [0.05, 0.1) is 11.2 Å². The summed E-state index contributed by atoms with van der Waals surface area (Å²) in [5.74, 6) is 0.542. The van der Waals surface area contributed by atoms with Crippen LogP contribution in [-0.2, 0) is 0 Å². The summed E-state index contributed by atoms with van der Waals surface area (Å²) in [6.07, 6.45) is 4.62. The molecule has 21 heavy (non-hydrogen) atoms. The van der Waals surface area contributed by atoms with Crippen LogP contribution in [0.2, 0.25) is 0 Å². The standard InChI is InChI=1S/C19H16IN/c1-13-16(20)11-12-18-19(13)15-9-5-6-10-17(15)21(18)14-7-3-2-4-8-14/h2-13,16H,1H3/t13?,16-/m1/s1. The van der Waals surface area contributed by atoms with E-state index in [0.29, 0.717) is 9.84 Å². The quantitative estimate of drug-likeness (QED) is 0.382. The minimum atomic E-state index is 0.542. The van der Waals surface area contributed by atoms with Gasteiger partial charge in [-0.05, 0) is 35.8 Å². The summed E-state index contributed by atoms with van der Waals surface area (Å²) in [5.41, 5.74) is 5.36. The summed E-state index contributed by atoms with van der Waals surface area (Å²) in [5, 5.41) is 1.38. The fourth-order valence-corrected chi connectivity index (χ4v) is 3.86. The van der Waals surface area contributed by atoms with Crippen molar-refractivity contribution >= 4 is 39.6 Å². The molecule has 1 nitrogen and oxygen atoms in total. The Hall–Kier alpha value is -1.55. The van der Waals surface area contributed by atoms with Crippen LogP contribution in [0.1, 0.15) is 24.1 Å². The molecule has 1 aromatic heterocycles. The second-order valence-electron chi connectivity index (χ2n) is 5.58. The van der Waals surface area contributed by atoms with Crippen LogP contribution < -0.4 is 0 Å². The van der Waals surface area contributed by atoms with E-state index in [1.54, 1.807) is 0 Å². The normalized spacial score (nSPS) is 20.7. The number of nitrogens with zero attached hydrogens (tertiary/aromatic N) is 1. The Morgan fingerprint density at radius 2 is 1.67 bits per heavy atom. The van der Waals surface area contributed by atoms with Crippen molar-refractivity contribution in [2.24, 2.45) is 0 Å². The van der Waals surface area contributed by atoms with E-state index in [4.69, 9.17) is 0 Å². The first-order chi connectivity index (χ1) is 10.3. The first kappa shape index (κ1) is 13.1. The lowest BCUT2D eigenvalue weighted by Gasteiger charge is -2.21. The molecule has 0 bridgehead atoms. The number of hydrogen-bond acceptors (Lipinski definition) is 0. The molecule has 0 saturated carbocycles. The van der Waals surface area contributed by atoms with Crippen molar-refractivity contribution in [3.05, 3.63) is 71.9 Å². The van der Waals surface area contributed by atoms with Gasteiger partial charge in [-0.15, -0.1) is 0 Å². The van der Waals surface area contributed by atoms with Gasteiger partial charge in [0.15, 0.2) is 0 Å². The summed E-state index contributed by atoms with van der Waals surface area (Å²) in [7, 11) is 0. The second kappa shape index (κ2) is 5.02. The van der Waals surface area contributed by atoms with Crippen LogP contribution in [0.15, 0.2) is 60.7 Å². The minimum Gasteiger partial charge on any atom is -0.310 e. The van der Waals surface area contributed by atoms with Crippen LogP contribution in [0, 0.1) is 0 Å². The molecule has 1 aliphatic carbocycles. The summed E-state index contributed by atoms with van der Waals surface area (Å²) >= 11 is 2.54. The van der Waals surface area contributed by atoms with E-state index in [2.05, 4.69) is 101 Å². The van der Waals surface area contributed by atoms with Gasteiger partial charge < -0.3 is 4.57 Å². The largest absolute Gasteiger partial charge is 0.310 e. The molecule has 104 valence electrons. The van der Waals surface area contributed by atoms with Gasteiger partial charge in [-0.1, -0.05) is 72.0 Å². The predicted molar refractivity (Wildman–Crippen MR) is 98.5 cm³/mol. The lowest BCUT2D eigenvalue weighted by Crippen LogP contribution is -2.12. The lowest BCUT2D eigenvalue weighted by molar-refractivity contribution is 0.807. The molecule has 0 spiro atoms. The maximum absolute atomic E-state index is 2.54. The Morgan fingerprint density at radius 3 is 2.48 bits per heavy atom. The second-order valence-corrected chi connectivity index (χ2v) is 7.02. The van der Waals surface area contributed by atoms with E-state index >= 15 is 0 Å². The van der Waals surface area contributed by atoms with Gasteiger partial charge in [-0.3, -0.25) is 0 Å². The molecule has 2 atom stereocenters. The van der Waals surface area contributed by atoms with Crippen molar-refractivity contribution in [3.8, 4) is 5.69 Å². The third-order valence-corrected chi connectivity index (χ3v) is 5.83. The van der Waals surface area contributed by atoms with Crippen LogP contribution >= 0.6 is 22.6 Å². The van der Waals surface area contributed by atoms with Gasteiger partial charge in [-0.25, -0.2) is 0 Å². The third kappa shape index (κ3) is 1.96. The number of alkyl halides is 1. The van der Waals surface area contributed by atoms with Crippen molar-refractivity contribution < 1.29 is 0 Å². The average Bonchev–Trinajstić information content (AvgIpc) is 2.87. The van der Waals surface area contributed by atoms with E-state index in [1.807, 2.05) is 0 Å². The molecule has 0 N–H and O–H groups in total. The Balaban J connectivity index is 2.12. The smallest absolute Gasteiger partial charge is 0.0537 e. The maximum Gasteiger partial charge on any atom is 0.0537 e. The number of rotatable bonds is 1. The number of aromatic nitrogens is 1. The van der Waals surface area contributed by atoms with Crippen molar-refractivity contribution in [3.63, 3.8) is 0 Å². The molecule has 0 fully saturated rings. The first-order valence-electron chi connectivity index (χ1n) is 7.28. The Kier molecular flexibility index (Phi) is 3.14. The molecule has 1 unspecified atom stereocenters. The summed E-state index contributed by atoms with van der Waals surface area (Å²) in [4.78, 5) is 0. The van der Waals surface area contributed by atoms with Crippen molar-refractivity contribution in [1.29, 1.82) is 0 Å². The van der Waals surface area contributed by atoms with Gasteiger partial charge in [-0.2, -0.15) is 0 Å². The van der Waals surface area contributed by atoms with Gasteiger partial charge in [0, 0.05) is 15.0 Å². The van der Waals surface area contributed by atoms with E-state index < -0.39 is 0 Å². The van der Waals surface area contributed by atoms with Gasteiger partial charge in [0.2, 0.25) is 0 Å². The average molecular weight is 385 g/mol. The molecule has 0 radical (unpaired) electrons. The van der Waals surface area contributed by atoms with Crippen LogP contribution in [0.5, 0.6) is 0 Å². The number of para-hydroxylation sites is 2. The fraction of sp³-hybridized carbons (Fsp3) is 0.158. The summed E-state index contributed by atoms with van der Waals surface area (Å²) in [6.45, 7) is 2.33. The Labute approximate surface area is 138 Å². The topological polar surface area (TPSA) is 4.93 Å². The third-order valence-electron chi connectivity index (χ3n) is 4.34. The van der Waals surface area contributed by atoms with E-state index in [-0.39, 0.29) is 0 Å². The summed E-state index contributed by atoms with van der Waals surface area (Å²) < 4.78 is 2.95. The zero-order valence-electron chi connectivity index (χ0n) is 11.8. The minimum absolute atomic E-state index is 0.542. The van der Waals surface area contributed by atoms with Gasteiger partial charge >= 0.3 is 0 Å². The highest BCUT2D eigenvalue weighted by Gasteiger charge is 2.26. The van der Waals surface area contributed by atoms with Crippen molar-refractivity contribution in [2.45, 2.75) is 16.8 Å². The van der Waals surface area contributed by atoms with Crippen molar-refractivity contribution in [2.75, 3.05) is 0 Å². The lowest BCUT2D eigenvalue weighted by atomic mass is 9.90. The monoisotopic (exact) mass is 385 g/mol. The SMILES string of the molecule is CC1c2c(n(-c3ccccc3)c3ccccc23)C=C[C@H]1I. The van der Waals surface area contributed by atoms with Gasteiger partial charge in [0.1, 0.15) is 0 Å². The van der Waals surface area contributed by atoms with Crippen LogP contribution in [0.25, 0.3) is 22.7 Å². The highest BCUT2D eigenvalue weighted by atomic mass is 127. The molecule has 2 aromatic carbocycles. The molecular formula is C19H16IN. The zero-order valence-corrected chi connectivity index (χ0v) is 14.0. The molecule has 0 amide bonds. The van der Waals surface area contributed by atoms with E-state index in [9.17, 15) is 0 Å². The first-order valence-corrected chi connectivity index (χ1v) is 8.53. The highest BCUT2D eigenvalue weighted by Crippen LogP contribution is 2.41. The number of fused-ring (bicyclic) bond motifs is 3. The van der Waals surface area contributed by atoms with Crippen molar-refractivity contribution in [1.82, 2.24) is 4.57 Å². The zero-order chi connectivity index (χ0) is 14.4. The number of hydrogen-bond donors (Lipinski definition) is 0. The van der Waals surface area contributed by atoms with Gasteiger partial charge in [0.25, 0.3) is 0 Å².